The van der Waals surface area contributed by atoms with Gasteiger partial charge in [0, 0.05) is 42.1 Å². The number of nitrogens with zero attached hydrogens (tertiary/aromatic N) is 3. The summed E-state index contributed by atoms with van der Waals surface area (Å²) >= 11 is 8.17. The van der Waals surface area contributed by atoms with Gasteiger partial charge in [-0.05, 0) is 30.7 Å². The molecular formula is C22H24ClN3OS. The van der Waals surface area contributed by atoms with Crippen LogP contribution in [0.25, 0.3) is 11.3 Å². The lowest BCUT2D eigenvalue weighted by atomic mass is 10.2. The van der Waals surface area contributed by atoms with Crippen molar-refractivity contribution in [2.75, 3.05) is 32.8 Å². The largest absolute Gasteiger partial charge is 0.379 e. The van der Waals surface area contributed by atoms with Crippen molar-refractivity contribution in [1.29, 1.82) is 0 Å². The summed E-state index contributed by atoms with van der Waals surface area (Å²) in [6.07, 6.45) is 0. The summed E-state index contributed by atoms with van der Waals surface area (Å²) in [4.78, 5) is 8.38. The Morgan fingerprint density at radius 3 is 2.68 bits per heavy atom. The van der Waals surface area contributed by atoms with Gasteiger partial charge in [0.1, 0.15) is 0 Å². The maximum absolute atomic E-state index is 6.50. The van der Waals surface area contributed by atoms with Gasteiger partial charge < -0.3 is 9.30 Å². The van der Waals surface area contributed by atoms with Gasteiger partial charge in [-0.1, -0.05) is 41.9 Å². The molecule has 4 rings (SSSR count). The van der Waals surface area contributed by atoms with E-state index in [-0.39, 0.29) is 0 Å². The fourth-order valence-electron chi connectivity index (χ4n) is 3.39. The van der Waals surface area contributed by atoms with E-state index >= 15 is 0 Å². The van der Waals surface area contributed by atoms with E-state index in [1.807, 2.05) is 24.3 Å². The van der Waals surface area contributed by atoms with Crippen molar-refractivity contribution < 1.29 is 4.74 Å². The van der Waals surface area contributed by atoms with Crippen molar-refractivity contribution in [1.82, 2.24) is 9.47 Å². The third-order valence-electron chi connectivity index (χ3n) is 4.92. The van der Waals surface area contributed by atoms with Crippen molar-refractivity contribution in [3.05, 3.63) is 69.3 Å². The zero-order valence-corrected chi connectivity index (χ0v) is 17.5. The summed E-state index contributed by atoms with van der Waals surface area (Å²) in [7, 11) is 0. The first-order valence-corrected chi connectivity index (χ1v) is 10.8. The molecule has 28 heavy (non-hydrogen) atoms. The standard InChI is InChI=1S/C22H24ClN3OS/c1-17-5-4-6-18(15-17)24-22-26(10-9-25-11-13-27-14-12-25)21(16-28-22)19-7-2-3-8-20(19)23/h2-8,15-16H,9-14H2,1H3. The maximum atomic E-state index is 6.50. The number of morpholine rings is 1. The number of aromatic nitrogens is 1. The van der Waals surface area contributed by atoms with Gasteiger partial charge in [-0.3, -0.25) is 4.90 Å². The highest BCUT2D eigenvalue weighted by Crippen LogP contribution is 2.28. The molecule has 0 saturated carbocycles. The average Bonchev–Trinajstić information content (AvgIpc) is 3.10. The highest BCUT2D eigenvalue weighted by molar-refractivity contribution is 7.07. The van der Waals surface area contributed by atoms with Crippen LogP contribution in [0.1, 0.15) is 5.56 Å². The molecule has 6 heteroatoms. The van der Waals surface area contributed by atoms with Gasteiger partial charge in [0.15, 0.2) is 4.80 Å². The Morgan fingerprint density at radius 2 is 1.89 bits per heavy atom. The highest BCUT2D eigenvalue weighted by Gasteiger charge is 2.14. The van der Waals surface area contributed by atoms with Gasteiger partial charge >= 0.3 is 0 Å². The molecule has 2 heterocycles. The van der Waals surface area contributed by atoms with Gasteiger partial charge in [0.05, 0.1) is 24.6 Å². The van der Waals surface area contributed by atoms with Crippen molar-refractivity contribution in [3.8, 4) is 11.3 Å². The number of ether oxygens (including phenoxy) is 1. The Morgan fingerprint density at radius 1 is 1.07 bits per heavy atom. The molecule has 0 aliphatic carbocycles. The maximum Gasteiger partial charge on any atom is 0.190 e. The number of halogens is 1. The van der Waals surface area contributed by atoms with Crippen LogP contribution in [0.2, 0.25) is 5.02 Å². The minimum Gasteiger partial charge on any atom is -0.379 e. The number of thiazole rings is 1. The Hall–Kier alpha value is -1.92. The monoisotopic (exact) mass is 413 g/mol. The molecule has 0 radical (unpaired) electrons. The van der Waals surface area contributed by atoms with Crippen molar-refractivity contribution in [3.63, 3.8) is 0 Å². The van der Waals surface area contributed by atoms with E-state index in [0.717, 1.165) is 66.2 Å². The fourth-order valence-corrected chi connectivity index (χ4v) is 4.57. The van der Waals surface area contributed by atoms with Gasteiger partial charge in [-0.2, -0.15) is 0 Å². The molecule has 1 aromatic heterocycles. The summed E-state index contributed by atoms with van der Waals surface area (Å²) in [6, 6.07) is 16.3. The Bertz CT molecular complexity index is 1000. The molecule has 1 aliphatic heterocycles. The first-order chi connectivity index (χ1) is 13.7. The SMILES string of the molecule is Cc1cccc(N=c2scc(-c3ccccc3Cl)n2CCN2CCOCC2)c1. The van der Waals surface area contributed by atoms with Crippen LogP contribution < -0.4 is 4.80 Å². The number of rotatable bonds is 5. The first kappa shape index (κ1) is 19.4. The Balaban J connectivity index is 1.72. The minimum absolute atomic E-state index is 0.766. The van der Waals surface area contributed by atoms with Crippen LogP contribution in [-0.2, 0) is 11.3 Å². The molecule has 0 unspecified atom stereocenters. The third-order valence-corrected chi connectivity index (χ3v) is 6.11. The van der Waals surface area contributed by atoms with E-state index in [2.05, 4.69) is 46.0 Å². The van der Waals surface area contributed by atoms with Gasteiger partial charge in [-0.25, -0.2) is 4.99 Å². The normalized spacial score (nSPS) is 15.9. The summed E-state index contributed by atoms with van der Waals surface area (Å²) < 4.78 is 7.77. The van der Waals surface area contributed by atoms with Crippen molar-refractivity contribution in [2.24, 2.45) is 4.99 Å². The predicted molar refractivity (Wildman–Crippen MR) is 116 cm³/mol. The number of aryl methyl sites for hydroxylation is 1. The van der Waals surface area contributed by atoms with Gasteiger partial charge in [0.2, 0.25) is 0 Å². The summed E-state index contributed by atoms with van der Waals surface area (Å²) in [5.74, 6) is 0. The topological polar surface area (TPSA) is 29.8 Å². The molecule has 0 bridgehead atoms. The Kier molecular flexibility index (Phi) is 6.27. The second-order valence-electron chi connectivity index (χ2n) is 6.94. The third kappa shape index (κ3) is 4.55. The van der Waals surface area contributed by atoms with Crippen LogP contribution in [0, 0.1) is 6.92 Å². The van der Waals surface area contributed by atoms with E-state index in [4.69, 9.17) is 21.3 Å². The van der Waals surface area contributed by atoms with Gasteiger partial charge in [-0.15, -0.1) is 11.3 Å². The summed E-state index contributed by atoms with van der Waals surface area (Å²) in [5, 5.41) is 2.93. The predicted octanol–water partition coefficient (Wildman–Crippen LogP) is 4.74. The van der Waals surface area contributed by atoms with Crippen LogP contribution in [0.4, 0.5) is 5.69 Å². The van der Waals surface area contributed by atoms with E-state index in [9.17, 15) is 0 Å². The van der Waals surface area contributed by atoms with E-state index in [1.165, 1.54) is 5.56 Å². The molecule has 0 spiro atoms. The van der Waals surface area contributed by atoms with Gasteiger partial charge in [0.25, 0.3) is 0 Å². The molecular weight excluding hydrogens is 390 g/mol. The van der Waals surface area contributed by atoms with Crippen LogP contribution in [-0.4, -0.2) is 42.3 Å². The fraction of sp³-hybridized carbons (Fsp3) is 0.318. The number of hydrogen-bond acceptors (Lipinski definition) is 4. The number of benzene rings is 2. The van der Waals surface area contributed by atoms with Crippen LogP contribution in [0.3, 0.4) is 0 Å². The molecule has 4 nitrogen and oxygen atoms in total. The smallest absolute Gasteiger partial charge is 0.190 e. The van der Waals surface area contributed by atoms with Crippen LogP contribution in [0.5, 0.6) is 0 Å². The second kappa shape index (κ2) is 9.05. The molecule has 0 N–H and O–H groups in total. The lowest BCUT2D eigenvalue weighted by Crippen LogP contribution is -2.39. The molecule has 146 valence electrons. The van der Waals surface area contributed by atoms with Crippen LogP contribution in [0.15, 0.2) is 58.9 Å². The summed E-state index contributed by atoms with van der Waals surface area (Å²) in [5.41, 5.74) is 4.36. The molecule has 0 atom stereocenters. The summed E-state index contributed by atoms with van der Waals surface area (Å²) in [6.45, 7) is 7.52. The highest BCUT2D eigenvalue weighted by atomic mass is 35.5. The molecule has 3 aromatic rings. The number of hydrogen-bond donors (Lipinski definition) is 0. The zero-order valence-electron chi connectivity index (χ0n) is 16.0. The van der Waals surface area contributed by atoms with Crippen LogP contribution >= 0.6 is 22.9 Å². The zero-order chi connectivity index (χ0) is 19.3. The first-order valence-electron chi connectivity index (χ1n) is 9.55. The average molecular weight is 414 g/mol. The molecule has 1 saturated heterocycles. The quantitative estimate of drug-likeness (QED) is 0.604. The Labute approximate surface area is 174 Å². The molecule has 2 aromatic carbocycles. The van der Waals surface area contributed by atoms with Crippen molar-refractivity contribution >= 4 is 28.6 Å². The molecule has 0 amide bonds. The van der Waals surface area contributed by atoms with Crippen molar-refractivity contribution in [2.45, 2.75) is 13.5 Å². The lowest BCUT2D eigenvalue weighted by Gasteiger charge is -2.27. The van der Waals surface area contributed by atoms with E-state index in [1.54, 1.807) is 11.3 Å². The van der Waals surface area contributed by atoms with E-state index in [0.29, 0.717) is 0 Å². The molecule has 1 fully saturated rings. The van der Waals surface area contributed by atoms with E-state index < -0.39 is 0 Å². The lowest BCUT2D eigenvalue weighted by molar-refractivity contribution is 0.0363. The second-order valence-corrected chi connectivity index (χ2v) is 8.18. The molecule has 1 aliphatic rings. The minimum atomic E-state index is 0.766.